The zero-order chi connectivity index (χ0) is 17.2. The molecule has 2 aromatic carbocycles. The Bertz CT molecular complexity index is 672. The second-order valence-corrected chi connectivity index (χ2v) is 5.05. The Morgan fingerprint density at radius 3 is 2.48 bits per heavy atom. The molecule has 0 aliphatic heterocycles. The minimum atomic E-state index is -0.361. The van der Waals surface area contributed by atoms with E-state index in [2.05, 4.69) is 26.5 Å². The van der Waals surface area contributed by atoms with Gasteiger partial charge in [0, 0.05) is 22.7 Å². The van der Waals surface area contributed by atoms with Crippen LogP contribution in [0.5, 0.6) is 11.5 Å². The summed E-state index contributed by atoms with van der Waals surface area (Å²) in [7, 11) is 2.57. The zero-order valence-corrected chi connectivity index (χ0v) is 14.2. The lowest BCUT2D eigenvalue weighted by Gasteiger charge is -2.04. The van der Waals surface area contributed by atoms with Gasteiger partial charge in [0.1, 0.15) is 11.5 Å². The molecule has 0 aliphatic carbocycles. The number of carbonyl (C=O) groups is 1. The summed E-state index contributed by atoms with van der Waals surface area (Å²) in [4.78, 5) is 11.8. The van der Waals surface area contributed by atoms with Gasteiger partial charge in [0.15, 0.2) is 0 Å². The monoisotopic (exact) mass is 380 g/mol. The lowest BCUT2D eigenvalue weighted by atomic mass is 10.2. The molecule has 2 rings (SSSR count). The molecule has 0 atom stereocenters. The topological polar surface area (TPSA) is 91.2 Å². The van der Waals surface area contributed by atoms with Crippen LogP contribution in [0.3, 0.4) is 0 Å². The van der Waals surface area contributed by atoms with E-state index < -0.39 is 0 Å². The quantitative estimate of drug-likeness (QED) is 0.561. The largest absolute Gasteiger partial charge is 0.508 e. The second kappa shape index (κ2) is 9.60. The van der Waals surface area contributed by atoms with Crippen molar-refractivity contribution in [2.75, 3.05) is 14.2 Å². The summed E-state index contributed by atoms with van der Waals surface area (Å²) in [5.41, 5.74) is 3.56. The number of hydrogen-bond acceptors (Lipinski definition) is 5. The minimum absolute atomic E-state index is 0.105. The number of nitrogens with one attached hydrogen (secondary N) is 1. The number of aliphatic hydroxyl groups is 1. The van der Waals surface area contributed by atoms with Crippen molar-refractivity contribution < 1.29 is 19.7 Å². The summed E-state index contributed by atoms with van der Waals surface area (Å²) in [6, 6.07) is 11.4. The Balaban J connectivity index is 0.00000127. The Labute approximate surface area is 142 Å². The van der Waals surface area contributed by atoms with Crippen molar-refractivity contribution in [3.8, 4) is 11.5 Å². The summed E-state index contributed by atoms with van der Waals surface area (Å²) in [6.45, 7) is 0. The van der Waals surface area contributed by atoms with Gasteiger partial charge in [-0.25, -0.2) is 5.43 Å². The van der Waals surface area contributed by atoms with Gasteiger partial charge in [0.2, 0.25) is 0 Å². The summed E-state index contributed by atoms with van der Waals surface area (Å²) in [6.07, 6.45) is 1.50. The number of methoxy groups -OCH3 is 1. The van der Waals surface area contributed by atoms with Crippen molar-refractivity contribution in [2.24, 2.45) is 5.10 Å². The number of carbonyl (C=O) groups excluding carboxylic acids is 1. The fourth-order valence-corrected chi connectivity index (χ4v) is 2.02. The van der Waals surface area contributed by atoms with Crippen molar-refractivity contribution in [3.63, 3.8) is 0 Å². The molecule has 0 heterocycles. The fraction of sp³-hybridized carbons (Fsp3) is 0.125. The Hall–Kier alpha value is -2.38. The Morgan fingerprint density at radius 2 is 1.87 bits per heavy atom. The fourth-order valence-electron chi connectivity index (χ4n) is 1.64. The molecular formula is C16H17BrN2O4. The molecule has 6 nitrogen and oxygen atoms in total. The van der Waals surface area contributed by atoms with Crippen LogP contribution in [0, 0.1) is 0 Å². The van der Waals surface area contributed by atoms with Gasteiger partial charge in [-0.3, -0.25) is 4.79 Å². The maximum Gasteiger partial charge on any atom is 0.271 e. The van der Waals surface area contributed by atoms with Crippen LogP contribution in [0.25, 0.3) is 0 Å². The molecule has 1 amide bonds. The zero-order valence-electron chi connectivity index (χ0n) is 12.7. The molecule has 2 aromatic rings. The van der Waals surface area contributed by atoms with Gasteiger partial charge in [-0.1, -0.05) is 15.9 Å². The third kappa shape index (κ3) is 5.72. The number of aromatic hydroxyl groups is 1. The van der Waals surface area contributed by atoms with Gasteiger partial charge in [-0.2, -0.15) is 5.10 Å². The summed E-state index contributed by atoms with van der Waals surface area (Å²) in [5.74, 6) is 0.398. The number of nitrogens with zero attached hydrogens (tertiary/aromatic N) is 1. The number of phenols is 1. The van der Waals surface area contributed by atoms with Crippen molar-refractivity contribution in [1.82, 2.24) is 5.43 Å². The number of benzene rings is 2. The molecule has 0 saturated heterocycles. The van der Waals surface area contributed by atoms with Gasteiger partial charge >= 0.3 is 0 Å². The molecule has 0 bridgehead atoms. The molecule has 122 valence electrons. The Kier molecular flexibility index (Phi) is 7.79. The average Bonchev–Trinajstić information content (AvgIpc) is 2.57. The lowest BCUT2D eigenvalue weighted by molar-refractivity contribution is 0.0955. The van der Waals surface area contributed by atoms with Crippen LogP contribution in [0.15, 0.2) is 52.0 Å². The van der Waals surface area contributed by atoms with Crippen LogP contribution < -0.4 is 10.2 Å². The highest BCUT2D eigenvalue weighted by Crippen LogP contribution is 2.21. The normalized spacial score (nSPS) is 9.91. The van der Waals surface area contributed by atoms with Crippen LogP contribution in [-0.4, -0.2) is 36.6 Å². The van der Waals surface area contributed by atoms with E-state index in [1.54, 1.807) is 13.2 Å². The molecule has 0 radical (unpaired) electrons. The number of hydrazone groups is 1. The summed E-state index contributed by atoms with van der Waals surface area (Å²) >= 11 is 3.36. The maximum atomic E-state index is 11.8. The molecule has 7 heteroatoms. The van der Waals surface area contributed by atoms with E-state index in [0.29, 0.717) is 11.3 Å². The van der Waals surface area contributed by atoms with E-state index >= 15 is 0 Å². The molecule has 23 heavy (non-hydrogen) atoms. The maximum absolute atomic E-state index is 11.8. The van der Waals surface area contributed by atoms with E-state index in [4.69, 9.17) is 14.9 Å². The number of phenolic OH excluding ortho intramolecular Hbond substituents is 1. The van der Waals surface area contributed by atoms with E-state index in [1.165, 1.54) is 30.5 Å². The van der Waals surface area contributed by atoms with Crippen LogP contribution in [-0.2, 0) is 0 Å². The third-order valence-corrected chi connectivity index (χ3v) is 3.18. The van der Waals surface area contributed by atoms with Gasteiger partial charge < -0.3 is 14.9 Å². The van der Waals surface area contributed by atoms with Crippen molar-refractivity contribution in [1.29, 1.82) is 0 Å². The summed E-state index contributed by atoms with van der Waals surface area (Å²) in [5, 5.41) is 20.1. The highest BCUT2D eigenvalue weighted by Gasteiger charge is 2.04. The standard InChI is InChI=1S/C15H13BrN2O3.CH4O/c1-21-14-7-4-12(16)8-11(14)9-17-18-15(20)10-2-5-13(19)6-3-10;1-2/h2-9,19H,1H3,(H,18,20);2H,1H3/b17-9+;. The van der Waals surface area contributed by atoms with E-state index in [9.17, 15) is 4.79 Å². The van der Waals surface area contributed by atoms with E-state index in [0.717, 1.165) is 17.1 Å². The first kappa shape index (κ1) is 18.7. The van der Waals surface area contributed by atoms with E-state index in [1.807, 2.05) is 12.1 Å². The second-order valence-electron chi connectivity index (χ2n) is 4.13. The average molecular weight is 381 g/mol. The molecule has 0 fully saturated rings. The number of rotatable bonds is 4. The first-order chi connectivity index (χ1) is 11.1. The minimum Gasteiger partial charge on any atom is -0.508 e. The van der Waals surface area contributed by atoms with Crippen LogP contribution >= 0.6 is 15.9 Å². The Morgan fingerprint density at radius 1 is 1.22 bits per heavy atom. The SMILES string of the molecule is CO.COc1ccc(Br)cc1/C=N/NC(=O)c1ccc(O)cc1. The number of ether oxygens (including phenoxy) is 1. The molecule has 0 aromatic heterocycles. The predicted octanol–water partition coefficient (Wildman–Crippen LogP) is 2.54. The van der Waals surface area contributed by atoms with Gasteiger partial charge in [0.25, 0.3) is 5.91 Å². The predicted molar refractivity (Wildman–Crippen MR) is 92.0 cm³/mol. The lowest BCUT2D eigenvalue weighted by Crippen LogP contribution is -2.17. The highest BCUT2D eigenvalue weighted by atomic mass is 79.9. The molecule has 0 aliphatic rings. The van der Waals surface area contributed by atoms with Crippen LogP contribution in [0.1, 0.15) is 15.9 Å². The molecule has 0 unspecified atom stereocenters. The molecule has 3 N–H and O–H groups in total. The summed E-state index contributed by atoms with van der Waals surface area (Å²) < 4.78 is 6.09. The van der Waals surface area contributed by atoms with Gasteiger partial charge in [0.05, 0.1) is 13.3 Å². The highest BCUT2D eigenvalue weighted by molar-refractivity contribution is 9.10. The third-order valence-electron chi connectivity index (χ3n) is 2.69. The van der Waals surface area contributed by atoms with Crippen molar-refractivity contribution >= 4 is 28.1 Å². The smallest absolute Gasteiger partial charge is 0.271 e. The number of halogens is 1. The molecular weight excluding hydrogens is 364 g/mol. The van der Waals surface area contributed by atoms with Gasteiger partial charge in [-0.05, 0) is 42.5 Å². The van der Waals surface area contributed by atoms with Crippen molar-refractivity contribution in [3.05, 3.63) is 58.1 Å². The number of hydrogen-bond donors (Lipinski definition) is 3. The molecule has 0 spiro atoms. The van der Waals surface area contributed by atoms with Crippen molar-refractivity contribution in [2.45, 2.75) is 0 Å². The number of aliphatic hydroxyl groups excluding tert-OH is 1. The van der Waals surface area contributed by atoms with E-state index in [-0.39, 0.29) is 11.7 Å². The van der Waals surface area contributed by atoms with Gasteiger partial charge in [-0.15, -0.1) is 0 Å². The van der Waals surface area contributed by atoms with Crippen LogP contribution in [0.4, 0.5) is 0 Å². The number of amides is 1. The first-order valence-corrected chi connectivity index (χ1v) is 7.30. The van der Waals surface area contributed by atoms with Crippen LogP contribution in [0.2, 0.25) is 0 Å². The molecule has 0 saturated carbocycles. The first-order valence-electron chi connectivity index (χ1n) is 6.51.